The maximum atomic E-state index is 13.2. The van der Waals surface area contributed by atoms with Crippen LogP contribution in [0.1, 0.15) is 21.5 Å². The summed E-state index contributed by atoms with van der Waals surface area (Å²) in [5.74, 6) is -2.34. The van der Waals surface area contributed by atoms with Gasteiger partial charge in [0.15, 0.2) is 0 Å². The number of carboxylic acids is 1. The van der Waals surface area contributed by atoms with E-state index < -0.39 is 23.8 Å². The molecule has 0 aromatic heterocycles. The number of hydrogen-bond acceptors (Lipinski definition) is 5. The monoisotopic (exact) mass is 554 g/mol. The van der Waals surface area contributed by atoms with Gasteiger partial charge in [-0.3, -0.25) is 14.9 Å². The van der Waals surface area contributed by atoms with Gasteiger partial charge in [-0.1, -0.05) is 51.8 Å². The summed E-state index contributed by atoms with van der Waals surface area (Å²) >= 11 is 9.54. The third-order valence-corrected chi connectivity index (χ3v) is 5.87. The molecule has 4 rings (SSSR count). The van der Waals surface area contributed by atoms with Crippen LogP contribution in [-0.2, 0) is 16.2 Å². The summed E-state index contributed by atoms with van der Waals surface area (Å²) in [4.78, 5) is 50.0. The number of nitrogens with zero attached hydrogens (tertiary/aromatic N) is 1. The van der Waals surface area contributed by atoms with E-state index >= 15 is 0 Å². The first kappa shape index (κ1) is 24.2. The average Bonchev–Trinajstić information content (AvgIpc) is 2.82. The van der Waals surface area contributed by atoms with E-state index in [1.54, 1.807) is 42.5 Å². The maximum Gasteiger partial charge on any atom is 0.335 e. The Kier molecular flexibility index (Phi) is 6.99. The first-order valence-electron chi connectivity index (χ1n) is 10.1. The molecular formula is C25H16BrClN2O6. The highest BCUT2D eigenvalue weighted by Gasteiger charge is 2.37. The quantitative estimate of drug-likeness (QED) is 0.325. The van der Waals surface area contributed by atoms with Gasteiger partial charge in [0, 0.05) is 10.0 Å². The Bertz CT molecular complexity index is 1390. The molecule has 2 N–H and O–H groups in total. The predicted molar refractivity (Wildman–Crippen MR) is 132 cm³/mol. The molecule has 3 aromatic rings. The van der Waals surface area contributed by atoms with Crippen LogP contribution in [0.15, 0.2) is 76.8 Å². The summed E-state index contributed by atoms with van der Waals surface area (Å²) < 4.78 is 6.56. The fourth-order valence-corrected chi connectivity index (χ4v) is 3.93. The number of halogens is 2. The van der Waals surface area contributed by atoms with Gasteiger partial charge in [-0.25, -0.2) is 14.5 Å². The zero-order chi connectivity index (χ0) is 25.1. The van der Waals surface area contributed by atoms with Crippen molar-refractivity contribution in [1.29, 1.82) is 0 Å². The smallest absolute Gasteiger partial charge is 0.335 e. The number of urea groups is 1. The molecule has 176 valence electrons. The van der Waals surface area contributed by atoms with E-state index in [0.29, 0.717) is 15.8 Å². The molecule has 0 saturated carbocycles. The molecular weight excluding hydrogens is 540 g/mol. The van der Waals surface area contributed by atoms with E-state index in [1.165, 1.54) is 30.3 Å². The van der Waals surface area contributed by atoms with Gasteiger partial charge in [0.2, 0.25) is 0 Å². The number of ether oxygens (including phenoxy) is 1. The summed E-state index contributed by atoms with van der Waals surface area (Å²) in [7, 11) is 0. The number of carbonyl (C=O) groups excluding carboxylic acids is 3. The average molecular weight is 556 g/mol. The van der Waals surface area contributed by atoms with Crippen molar-refractivity contribution >= 4 is 63.1 Å². The minimum atomic E-state index is -1.03. The summed E-state index contributed by atoms with van der Waals surface area (Å²) in [6.45, 7) is 0.113. The Morgan fingerprint density at radius 1 is 1.06 bits per heavy atom. The number of nitrogens with one attached hydrogen (secondary N) is 1. The Hall–Kier alpha value is -3.95. The van der Waals surface area contributed by atoms with Crippen molar-refractivity contribution in [2.45, 2.75) is 6.61 Å². The number of benzene rings is 3. The molecule has 1 aliphatic rings. The molecule has 4 amide bonds. The number of carbonyl (C=O) groups is 4. The molecule has 1 saturated heterocycles. The van der Waals surface area contributed by atoms with Crippen molar-refractivity contribution in [3.05, 3.63) is 98.5 Å². The number of imide groups is 2. The molecule has 1 heterocycles. The third-order valence-electron chi connectivity index (χ3n) is 5.06. The highest BCUT2D eigenvalue weighted by molar-refractivity contribution is 9.10. The summed E-state index contributed by atoms with van der Waals surface area (Å²) in [5.41, 5.74) is 1.15. The number of barbiturate groups is 1. The molecule has 8 nitrogen and oxygen atoms in total. The first-order chi connectivity index (χ1) is 16.7. The van der Waals surface area contributed by atoms with Gasteiger partial charge in [0.25, 0.3) is 11.8 Å². The molecule has 0 aliphatic carbocycles. The van der Waals surface area contributed by atoms with Gasteiger partial charge in [0.1, 0.15) is 17.9 Å². The normalized spacial score (nSPS) is 14.7. The fourth-order valence-electron chi connectivity index (χ4n) is 3.33. The van der Waals surface area contributed by atoms with Crippen molar-refractivity contribution < 1.29 is 29.0 Å². The second-order valence-electron chi connectivity index (χ2n) is 7.38. The van der Waals surface area contributed by atoms with E-state index in [9.17, 15) is 19.2 Å². The van der Waals surface area contributed by atoms with E-state index in [0.717, 1.165) is 10.5 Å². The molecule has 0 bridgehead atoms. The Labute approximate surface area is 212 Å². The van der Waals surface area contributed by atoms with Crippen molar-refractivity contribution in [1.82, 2.24) is 5.32 Å². The SMILES string of the molecule is O=C1NC(=O)N(c2ccccc2Cl)C(=O)/C1=C/c1cc(Br)ccc1OCc1ccc(C(=O)O)cc1. The number of para-hydroxylation sites is 1. The summed E-state index contributed by atoms with van der Waals surface area (Å²) in [6, 6.07) is 16.6. The van der Waals surface area contributed by atoms with E-state index in [2.05, 4.69) is 21.2 Å². The predicted octanol–water partition coefficient (Wildman–Crippen LogP) is 5.05. The maximum absolute atomic E-state index is 13.2. The van der Waals surface area contributed by atoms with Gasteiger partial charge in [-0.05, 0) is 54.1 Å². The highest BCUT2D eigenvalue weighted by Crippen LogP contribution is 2.31. The van der Waals surface area contributed by atoms with Crippen LogP contribution in [0.3, 0.4) is 0 Å². The van der Waals surface area contributed by atoms with Crippen molar-refractivity contribution in [3.8, 4) is 5.75 Å². The zero-order valence-corrected chi connectivity index (χ0v) is 20.2. The summed E-state index contributed by atoms with van der Waals surface area (Å²) in [5, 5.41) is 11.4. The van der Waals surface area contributed by atoms with Gasteiger partial charge in [0.05, 0.1) is 16.3 Å². The molecule has 0 spiro atoms. The summed E-state index contributed by atoms with van der Waals surface area (Å²) in [6.07, 6.45) is 1.33. The van der Waals surface area contributed by atoms with Crippen molar-refractivity contribution in [2.24, 2.45) is 0 Å². The fraction of sp³-hybridized carbons (Fsp3) is 0.0400. The van der Waals surface area contributed by atoms with Gasteiger partial charge in [-0.2, -0.15) is 0 Å². The largest absolute Gasteiger partial charge is 0.488 e. The van der Waals surface area contributed by atoms with Crippen LogP contribution in [0.25, 0.3) is 6.08 Å². The Morgan fingerprint density at radius 3 is 2.46 bits per heavy atom. The lowest BCUT2D eigenvalue weighted by molar-refractivity contribution is -0.122. The highest BCUT2D eigenvalue weighted by atomic mass is 79.9. The lowest BCUT2D eigenvalue weighted by Gasteiger charge is -2.27. The molecule has 0 atom stereocenters. The van der Waals surface area contributed by atoms with Crippen LogP contribution in [0.2, 0.25) is 5.02 Å². The molecule has 3 aromatic carbocycles. The van der Waals surface area contributed by atoms with Crippen molar-refractivity contribution in [3.63, 3.8) is 0 Å². The number of rotatable bonds is 6. The van der Waals surface area contributed by atoms with Crippen LogP contribution in [0, 0.1) is 0 Å². The van der Waals surface area contributed by atoms with Gasteiger partial charge in [-0.15, -0.1) is 0 Å². The van der Waals surface area contributed by atoms with Crippen LogP contribution < -0.4 is 15.0 Å². The standard InChI is InChI=1S/C25H16BrClN2O6/c26-17-9-10-21(35-13-14-5-7-15(8-6-14)24(32)33)16(11-17)12-18-22(30)28-25(34)29(23(18)31)20-4-2-1-3-19(20)27/h1-12H,13H2,(H,32,33)(H,28,30,34)/b18-12+. The number of carboxylic acid groups (broad SMARTS) is 1. The molecule has 35 heavy (non-hydrogen) atoms. The van der Waals surface area contributed by atoms with Crippen LogP contribution >= 0.6 is 27.5 Å². The van der Waals surface area contributed by atoms with Crippen LogP contribution in [0.4, 0.5) is 10.5 Å². The number of anilines is 1. The zero-order valence-electron chi connectivity index (χ0n) is 17.8. The van der Waals surface area contributed by atoms with Crippen LogP contribution in [0.5, 0.6) is 5.75 Å². The van der Waals surface area contributed by atoms with Crippen molar-refractivity contribution in [2.75, 3.05) is 4.90 Å². The second kappa shape index (κ2) is 10.1. The second-order valence-corrected chi connectivity index (χ2v) is 8.71. The Balaban J connectivity index is 1.65. The first-order valence-corrected chi connectivity index (χ1v) is 11.3. The lowest BCUT2D eigenvalue weighted by atomic mass is 10.1. The minimum Gasteiger partial charge on any atom is -0.488 e. The Morgan fingerprint density at radius 2 is 1.77 bits per heavy atom. The topological polar surface area (TPSA) is 113 Å². The molecule has 10 heteroatoms. The molecule has 0 unspecified atom stereocenters. The van der Waals surface area contributed by atoms with E-state index in [-0.39, 0.29) is 28.5 Å². The molecule has 0 radical (unpaired) electrons. The molecule has 1 aliphatic heterocycles. The van der Waals surface area contributed by atoms with Crippen LogP contribution in [-0.4, -0.2) is 28.9 Å². The number of hydrogen-bond donors (Lipinski definition) is 2. The van der Waals surface area contributed by atoms with E-state index in [1.807, 2.05) is 0 Å². The van der Waals surface area contributed by atoms with E-state index in [4.69, 9.17) is 21.4 Å². The molecule has 1 fully saturated rings. The number of amides is 4. The minimum absolute atomic E-state index is 0.113. The van der Waals surface area contributed by atoms with Gasteiger partial charge >= 0.3 is 12.0 Å². The third kappa shape index (κ3) is 5.26. The van der Waals surface area contributed by atoms with Gasteiger partial charge < -0.3 is 9.84 Å². The lowest BCUT2D eigenvalue weighted by Crippen LogP contribution is -2.54. The number of aromatic carboxylic acids is 1.